The molecule has 6 heteroatoms. The van der Waals surface area contributed by atoms with Gasteiger partial charge in [-0.1, -0.05) is 55.1 Å². The Morgan fingerprint density at radius 2 is 1.70 bits per heavy atom. The van der Waals surface area contributed by atoms with E-state index in [0.29, 0.717) is 5.56 Å². The molecule has 30 heavy (non-hydrogen) atoms. The fraction of sp³-hybridized carbons (Fsp3) is 0.292. The summed E-state index contributed by atoms with van der Waals surface area (Å²) in [6.07, 6.45) is 0.0111. The van der Waals surface area contributed by atoms with Gasteiger partial charge in [-0.3, -0.25) is 4.79 Å². The van der Waals surface area contributed by atoms with E-state index < -0.39 is 23.6 Å². The zero-order chi connectivity index (χ0) is 21.7. The van der Waals surface area contributed by atoms with Gasteiger partial charge in [0.2, 0.25) is 11.5 Å². The van der Waals surface area contributed by atoms with Crippen molar-refractivity contribution in [2.75, 3.05) is 6.61 Å². The van der Waals surface area contributed by atoms with Gasteiger partial charge in [0.25, 0.3) is 0 Å². The van der Waals surface area contributed by atoms with E-state index in [1.54, 1.807) is 37.3 Å². The van der Waals surface area contributed by atoms with E-state index in [2.05, 4.69) is 6.58 Å². The average molecular weight is 407 g/mol. The van der Waals surface area contributed by atoms with Crippen molar-refractivity contribution in [2.45, 2.75) is 38.3 Å². The van der Waals surface area contributed by atoms with E-state index in [9.17, 15) is 14.4 Å². The van der Waals surface area contributed by atoms with Crippen molar-refractivity contribution >= 4 is 17.8 Å². The van der Waals surface area contributed by atoms with Crippen LogP contribution in [0.5, 0.6) is 0 Å². The molecule has 3 rings (SSSR count). The molecule has 1 saturated heterocycles. The Kier molecular flexibility index (Phi) is 6.35. The molecule has 1 aliphatic heterocycles. The van der Waals surface area contributed by atoms with Gasteiger partial charge in [-0.15, -0.1) is 0 Å². The van der Waals surface area contributed by atoms with Gasteiger partial charge in [0, 0.05) is 12.8 Å². The van der Waals surface area contributed by atoms with Crippen molar-refractivity contribution in [2.24, 2.45) is 0 Å². The van der Waals surface area contributed by atoms with Crippen LogP contribution < -0.4 is 0 Å². The van der Waals surface area contributed by atoms with Gasteiger partial charge < -0.3 is 14.4 Å². The first-order valence-corrected chi connectivity index (χ1v) is 9.92. The van der Waals surface area contributed by atoms with Gasteiger partial charge in [-0.2, -0.15) is 0 Å². The Hall–Kier alpha value is -3.41. The second kappa shape index (κ2) is 8.95. The number of hydrogen-bond donors (Lipinski definition) is 0. The molecule has 1 fully saturated rings. The lowest BCUT2D eigenvalue weighted by molar-refractivity contribution is -0.169. The molecule has 1 aliphatic rings. The van der Waals surface area contributed by atoms with Gasteiger partial charge in [-0.05, 0) is 31.5 Å². The van der Waals surface area contributed by atoms with Crippen molar-refractivity contribution in [3.8, 4) is 0 Å². The molecule has 0 aromatic heterocycles. The van der Waals surface area contributed by atoms with Gasteiger partial charge in [-0.25, -0.2) is 9.59 Å². The van der Waals surface area contributed by atoms with Crippen LogP contribution in [0.25, 0.3) is 0 Å². The van der Waals surface area contributed by atoms with Gasteiger partial charge in [0.1, 0.15) is 0 Å². The Morgan fingerprint density at radius 3 is 2.30 bits per heavy atom. The fourth-order valence-electron chi connectivity index (χ4n) is 3.63. The summed E-state index contributed by atoms with van der Waals surface area (Å²) in [6, 6.07) is 17.4. The lowest BCUT2D eigenvalue weighted by Crippen LogP contribution is -2.56. The average Bonchev–Trinajstić information content (AvgIpc) is 2.77. The van der Waals surface area contributed by atoms with Gasteiger partial charge in [0.05, 0.1) is 23.9 Å². The predicted molar refractivity (Wildman–Crippen MR) is 111 cm³/mol. The standard InChI is InChI=1S/C24H25NO5/c1-4-29-23(28)24(30-22(27)20-13-9-6-10-14-20)16-15-21(26)25(18(24)3)17(2)19-11-7-5-8-12-19/h5-14,17H,3-4,15-16H2,1-2H3/t17-,24+/m1/s1. The van der Waals surface area contributed by atoms with Crippen LogP contribution in [0.1, 0.15) is 48.7 Å². The number of amides is 1. The molecule has 0 radical (unpaired) electrons. The SMILES string of the molecule is C=C1N([C@H](C)c2ccccc2)C(=O)CC[C@@]1(OC(=O)c1ccccc1)C(=O)OCC. The Balaban J connectivity index is 1.99. The van der Waals surface area contributed by atoms with Crippen molar-refractivity contribution in [1.82, 2.24) is 4.90 Å². The third kappa shape index (κ3) is 3.99. The van der Waals surface area contributed by atoms with E-state index in [1.807, 2.05) is 37.3 Å². The number of piperidine rings is 1. The van der Waals surface area contributed by atoms with Crippen molar-refractivity contribution in [3.63, 3.8) is 0 Å². The fourth-order valence-corrected chi connectivity index (χ4v) is 3.63. The number of esters is 2. The number of nitrogens with zero attached hydrogens (tertiary/aromatic N) is 1. The quantitative estimate of drug-likeness (QED) is 0.676. The highest BCUT2D eigenvalue weighted by Gasteiger charge is 2.54. The first kappa shape index (κ1) is 21.3. The number of benzene rings is 2. The number of carbonyl (C=O) groups is 3. The molecule has 156 valence electrons. The zero-order valence-corrected chi connectivity index (χ0v) is 17.2. The number of hydrogen-bond acceptors (Lipinski definition) is 5. The second-order valence-electron chi connectivity index (χ2n) is 7.10. The Bertz CT molecular complexity index is 941. The third-order valence-electron chi connectivity index (χ3n) is 5.27. The van der Waals surface area contributed by atoms with Crippen LogP contribution in [-0.4, -0.2) is 35.0 Å². The summed E-state index contributed by atoms with van der Waals surface area (Å²) < 4.78 is 11.0. The minimum atomic E-state index is -1.76. The number of likely N-dealkylation sites (tertiary alicyclic amines) is 1. The predicted octanol–water partition coefficient (Wildman–Crippen LogP) is 4.04. The molecule has 6 nitrogen and oxygen atoms in total. The topological polar surface area (TPSA) is 72.9 Å². The molecule has 1 heterocycles. The number of ether oxygens (including phenoxy) is 2. The minimum Gasteiger partial charge on any atom is -0.463 e. The van der Waals surface area contributed by atoms with Crippen LogP contribution in [0.3, 0.4) is 0 Å². The third-order valence-corrected chi connectivity index (χ3v) is 5.27. The molecule has 0 spiro atoms. The molecule has 2 atom stereocenters. The molecule has 2 aromatic carbocycles. The van der Waals surface area contributed by atoms with Crippen LogP contribution in [0.15, 0.2) is 72.9 Å². The summed E-state index contributed by atoms with van der Waals surface area (Å²) in [4.78, 5) is 40.1. The van der Waals surface area contributed by atoms with Gasteiger partial charge in [0.15, 0.2) is 0 Å². The zero-order valence-electron chi connectivity index (χ0n) is 17.2. The van der Waals surface area contributed by atoms with Crippen LogP contribution in [-0.2, 0) is 19.1 Å². The van der Waals surface area contributed by atoms with Crippen molar-refractivity contribution in [1.29, 1.82) is 0 Å². The summed E-state index contributed by atoms with van der Waals surface area (Å²) in [6.45, 7) is 7.65. The van der Waals surface area contributed by atoms with Crippen LogP contribution >= 0.6 is 0 Å². The van der Waals surface area contributed by atoms with E-state index in [0.717, 1.165) is 5.56 Å². The van der Waals surface area contributed by atoms with Crippen LogP contribution in [0.2, 0.25) is 0 Å². The smallest absolute Gasteiger partial charge is 0.356 e. The summed E-state index contributed by atoms with van der Waals surface area (Å²) in [5, 5.41) is 0. The molecule has 0 N–H and O–H groups in total. The highest BCUT2D eigenvalue weighted by Crippen LogP contribution is 2.40. The maximum absolute atomic E-state index is 13.0. The maximum atomic E-state index is 13.0. The van der Waals surface area contributed by atoms with Crippen molar-refractivity contribution in [3.05, 3.63) is 84.1 Å². The second-order valence-corrected chi connectivity index (χ2v) is 7.10. The summed E-state index contributed by atoms with van der Waals surface area (Å²) >= 11 is 0. The highest BCUT2D eigenvalue weighted by atomic mass is 16.6. The molecule has 0 bridgehead atoms. The lowest BCUT2D eigenvalue weighted by Gasteiger charge is -2.44. The first-order chi connectivity index (χ1) is 14.4. The monoisotopic (exact) mass is 407 g/mol. The molecule has 0 aliphatic carbocycles. The minimum absolute atomic E-state index is 0.0138. The molecular formula is C24H25NO5. The Morgan fingerprint density at radius 1 is 1.10 bits per heavy atom. The van der Waals surface area contributed by atoms with Crippen molar-refractivity contribution < 1.29 is 23.9 Å². The number of carbonyl (C=O) groups excluding carboxylic acids is 3. The van der Waals surface area contributed by atoms with E-state index in [1.165, 1.54) is 4.90 Å². The molecule has 0 saturated carbocycles. The summed E-state index contributed by atoms with van der Waals surface area (Å²) in [5.74, 6) is -1.59. The highest BCUT2D eigenvalue weighted by molar-refractivity contribution is 5.96. The van der Waals surface area contributed by atoms with Crippen LogP contribution in [0.4, 0.5) is 0 Å². The normalized spacial score (nSPS) is 19.9. The summed E-state index contributed by atoms with van der Waals surface area (Å²) in [7, 11) is 0. The molecule has 2 aromatic rings. The van der Waals surface area contributed by atoms with E-state index in [4.69, 9.17) is 9.47 Å². The van der Waals surface area contributed by atoms with E-state index in [-0.39, 0.29) is 31.1 Å². The Labute approximate surface area is 176 Å². The summed E-state index contributed by atoms with van der Waals surface area (Å²) in [5.41, 5.74) is -0.479. The van der Waals surface area contributed by atoms with Gasteiger partial charge >= 0.3 is 11.9 Å². The largest absolute Gasteiger partial charge is 0.463 e. The first-order valence-electron chi connectivity index (χ1n) is 9.92. The molecule has 0 unspecified atom stereocenters. The maximum Gasteiger partial charge on any atom is 0.356 e. The molecular weight excluding hydrogens is 382 g/mol. The number of rotatable bonds is 6. The molecule has 1 amide bonds. The van der Waals surface area contributed by atoms with E-state index >= 15 is 0 Å². The van der Waals surface area contributed by atoms with Crippen LogP contribution in [0, 0.1) is 0 Å². The lowest BCUT2D eigenvalue weighted by atomic mass is 9.86.